The Balaban J connectivity index is 2.29. The topological polar surface area (TPSA) is 63.6 Å². The molecule has 0 radical (unpaired) electrons. The van der Waals surface area contributed by atoms with Gasteiger partial charge in [-0.15, -0.1) is 6.42 Å². The highest BCUT2D eigenvalue weighted by Gasteiger charge is 2.05. The predicted molar refractivity (Wildman–Crippen MR) is 65.7 cm³/mol. The van der Waals surface area contributed by atoms with Crippen LogP contribution >= 0.6 is 0 Å². The number of terminal acetylenes is 1. The number of carboxylic acid groups (broad SMARTS) is 1. The van der Waals surface area contributed by atoms with Crippen LogP contribution in [0.1, 0.15) is 30.4 Å². The minimum absolute atomic E-state index is 0.0219. The first-order valence-electron chi connectivity index (χ1n) is 5.55. The van der Waals surface area contributed by atoms with Crippen LogP contribution in [-0.4, -0.2) is 17.0 Å². The van der Waals surface area contributed by atoms with Crippen molar-refractivity contribution in [2.45, 2.75) is 25.9 Å². The molecule has 1 aromatic carbocycles. The molecule has 18 heavy (non-hydrogen) atoms. The van der Waals surface area contributed by atoms with E-state index < -0.39 is 11.9 Å². The molecule has 0 saturated carbocycles. The lowest BCUT2D eigenvalue weighted by Gasteiger charge is -2.04. The molecule has 0 atom stereocenters. The smallest absolute Gasteiger partial charge is 0.306 e. The summed E-state index contributed by atoms with van der Waals surface area (Å²) in [6, 6.07) is 7.13. The summed E-state index contributed by atoms with van der Waals surface area (Å²) in [4.78, 5) is 21.5. The summed E-state index contributed by atoms with van der Waals surface area (Å²) in [6.45, 7) is 0.177. The van der Waals surface area contributed by atoms with Crippen LogP contribution in [0.2, 0.25) is 0 Å². The number of carbonyl (C=O) groups is 2. The van der Waals surface area contributed by atoms with E-state index in [1.807, 2.05) is 0 Å². The zero-order valence-corrected chi connectivity index (χ0v) is 9.89. The summed E-state index contributed by atoms with van der Waals surface area (Å²) in [6.07, 6.45) is 5.61. The molecular weight excluding hydrogens is 232 g/mol. The Hall–Kier alpha value is -2.28. The van der Waals surface area contributed by atoms with Gasteiger partial charge in [-0.3, -0.25) is 9.59 Å². The van der Waals surface area contributed by atoms with Crippen molar-refractivity contribution < 1.29 is 19.4 Å². The first-order valence-corrected chi connectivity index (χ1v) is 5.55. The van der Waals surface area contributed by atoms with Crippen molar-refractivity contribution in [1.29, 1.82) is 0 Å². The predicted octanol–water partition coefficient (Wildman–Crippen LogP) is 1.97. The fraction of sp³-hybridized carbons (Fsp3) is 0.286. The van der Waals surface area contributed by atoms with Crippen LogP contribution in [0, 0.1) is 12.3 Å². The molecule has 0 aliphatic heterocycles. The highest BCUT2D eigenvalue weighted by molar-refractivity contribution is 5.71. The Labute approximate surface area is 106 Å². The quantitative estimate of drug-likeness (QED) is 0.615. The van der Waals surface area contributed by atoms with E-state index in [4.69, 9.17) is 16.3 Å². The molecule has 0 bridgehead atoms. The van der Waals surface area contributed by atoms with Crippen LogP contribution in [0.5, 0.6) is 0 Å². The number of hydrogen-bond acceptors (Lipinski definition) is 3. The molecule has 4 heteroatoms. The Morgan fingerprint density at radius 2 is 1.89 bits per heavy atom. The maximum Gasteiger partial charge on any atom is 0.306 e. The highest BCUT2D eigenvalue weighted by Crippen LogP contribution is 2.06. The average Bonchev–Trinajstić information content (AvgIpc) is 2.36. The number of esters is 1. The maximum absolute atomic E-state index is 11.3. The van der Waals surface area contributed by atoms with E-state index in [1.54, 1.807) is 24.3 Å². The van der Waals surface area contributed by atoms with Crippen molar-refractivity contribution in [1.82, 2.24) is 0 Å². The van der Waals surface area contributed by atoms with Gasteiger partial charge in [-0.1, -0.05) is 18.1 Å². The number of rotatable bonds is 6. The molecule has 0 spiro atoms. The van der Waals surface area contributed by atoms with Gasteiger partial charge < -0.3 is 9.84 Å². The second-order valence-corrected chi connectivity index (χ2v) is 3.75. The molecule has 0 fully saturated rings. The first kappa shape index (κ1) is 13.8. The van der Waals surface area contributed by atoms with E-state index in [9.17, 15) is 9.59 Å². The summed E-state index contributed by atoms with van der Waals surface area (Å²) in [5.41, 5.74) is 1.62. The Morgan fingerprint density at radius 1 is 1.22 bits per heavy atom. The molecule has 0 aliphatic carbocycles. The highest BCUT2D eigenvalue weighted by atomic mass is 16.5. The number of ether oxygens (including phenoxy) is 1. The fourth-order valence-electron chi connectivity index (χ4n) is 1.32. The van der Waals surface area contributed by atoms with Crippen molar-refractivity contribution in [3.8, 4) is 12.3 Å². The minimum atomic E-state index is -0.910. The van der Waals surface area contributed by atoms with Gasteiger partial charge >= 0.3 is 11.9 Å². The second kappa shape index (κ2) is 7.13. The molecule has 0 amide bonds. The van der Waals surface area contributed by atoms with Crippen LogP contribution in [-0.2, 0) is 20.9 Å². The van der Waals surface area contributed by atoms with Crippen molar-refractivity contribution in [2.75, 3.05) is 0 Å². The van der Waals surface area contributed by atoms with Gasteiger partial charge in [-0.25, -0.2) is 0 Å². The monoisotopic (exact) mass is 246 g/mol. The Morgan fingerprint density at radius 3 is 2.44 bits per heavy atom. The zero-order chi connectivity index (χ0) is 13.4. The molecule has 0 saturated heterocycles. The van der Waals surface area contributed by atoms with E-state index >= 15 is 0 Å². The molecule has 0 heterocycles. The second-order valence-electron chi connectivity index (χ2n) is 3.75. The first-order chi connectivity index (χ1) is 8.61. The third-order valence-electron chi connectivity index (χ3n) is 2.29. The zero-order valence-electron chi connectivity index (χ0n) is 9.89. The van der Waals surface area contributed by atoms with Crippen LogP contribution < -0.4 is 0 Å². The molecule has 0 unspecified atom stereocenters. The third-order valence-corrected chi connectivity index (χ3v) is 2.29. The lowest BCUT2D eigenvalue weighted by atomic mass is 10.1. The number of aliphatic carboxylic acids is 1. The summed E-state index contributed by atoms with van der Waals surface area (Å²) in [7, 11) is 0. The largest absolute Gasteiger partial charge is 0.481 e. The van der Waals surface area contributed by atoms with Gasteiger partial charge in [0.25, 0.3) is 0 Å². The number of benzene rings is 1. The molecular formula is C14H14O4. The summed E-state index contributed by atoms with van der Waals surface area (Å²) in [5, 5.41) is 8.42. The molecule has 1 rings (SSSR count). The van der Waals surface area contributed by atoms with Crippen molar-refractivity contribution in [3.63, 3.8) is 0 Å². The lowest BCUT2D eigenvalue weighted by molar-refractivity contribution is -0.145. The number of hydrogen-bond donors (Lipinski definition) is 1. The molecule has 1 aromatic rings. The Bertz CT molecular complexity index is 454. The summed E-state index contributed by atoms with van der Waals surface area (Å²) in [5.74, 6) is 1.19. The van der Waals surface area contributed by atoms with Gasteiger partial charge in [0.15, 0.2) is 0 Å². The van der Waals surface area contributed by atoms with Gasteiger partial charge in [0, 0.05) is 18.4 Å². The normalized spacial score (nSPS) is 9.50. The van der Waals surface area contributed by atoms with Crippen LogP contribution in [0.3, 0.4) is 0 Å². The van der Waals surface area contributed by atoms with Gasteiger partial charge in [-0.2, -0.15) is 0 Å². The molecule has 0 aliphatic rings. The van der Waals surface area contributed by atoms with Crippen molar-refractivity contribution in [2.24, 2.45) is 0 Å². The minimum Gasteiger partial charge on any atom is -0.481 e. The third kappa shape index (κ3) is 5.17. The molecule has 4 nitrogen and oxygen atoms in total. The van der Waals surface area contributed by atoms with Crippen LogP contribution in [0.4, 0.5) is 0 Å². The van der Waals surface area contributed by atoms with Gasteiger partial charge in [0.2, 0.25) is 0 Å². The van der Waals surface area contributed by atoms with Gasteiger partial charge in [0.05, 0.1) is 0 Å². The van der Waals surface area contributed by atoms with Crippen LogP contribution in [0.25, 0.3) is 0 Å². The van der Waals surface area contributed by atoms with Gasteiger partial charge in [-0.05, 0) is 24.1 Å². The SMILES string of the molecule is C#Cc1ccc(COC(=O)CCCC(=O)O)cc1. The molecule has 94 valence electrons. The van der Waals surface area contributed by atoms with E-state index in [2.05, 4.69) is 5.92 Å². The van der Waals surface area contributed by atoms with Crippen LogP contribution in [0.15, 0.2) is 24.3 Å². The molecule has 1 N–H and O–H groups in total. The summed E-state index contributed by atoms with van der Waals surface area (Å²) < 4.78 is 5.00. The van der Waals surface area contributed by atoms with E-state index in [0.717, 1.165) is 11.1 Å². The van der Waals surface area contributed by atoms with Crippen molar-refractivity contribution >= 4 is 11.9 Å². The summed E-state index contributed by atoms with van der Waals surface area (Å²) >= 11 is 0. The maximum atomic E-state index is 11.3. The van der Waals surface area contributed by atoms with E-state index in [0.29, 0.717) is 6.42 Å². The van der Waals surface area contributed by atoms with E-state index in [1.165, 1.54) is 0 Å². The fourth-order valence-corrected chi connectivity index (χ4v) is 1.32. The number of carboxylic acids is 1. The Kier molecular flexibility index (Phi) is 5.46. The standard InChI is InChI=1S/C14H14O4/c1-2-11-6-8-12(9-7-11)10-18-14(17)5-3-4-13(15)16/h1,6-9H,3-5,10H2,(H,15,16). The van der Waals surface area contributed by atoms with Crippen molar-refractivity contribution in [3.05, 3.63) is 35.4 Å². The average molecular weight is 246 g/mol. The number of carbonyl (C=O) groups excluding carboxylic acids is 1. The van der Waals surface area contributed by atoms with Gasteiger partial charge in [0.1, 0.15) is 6.61 Å². The lowest BCUT2D eigenvalue weighted by Crippen LogP contribution is -2.05. The molecule has 0 aromatic heterocycles. The van der Waals surface area contributed by atoms with E-state index in [-0.39, 0.29) is 19.4 Å².